The summed E-state index contributed by atoms with van der Waals surface area (Å²) in [5.74, 6) is 0.424. The number of para-hydroxylation sites is 2. The molecular formula is C24H20ClF3N2O6S. The standard InChI is InChI=1S/C24H20ClF3N2O6S/c25-14-5-10-19-22(11-14)35-21-4-2-1-3-18(21)30(19)20-13-34-12-17(23(20)31)29-37(32,33)16-8-6-15(7-9-16)36-24(26,27)28/h1-11,17,20,23,29,31H,12-13H2/t17-,20+,23+/m1/s1. The second-order valence-corrected chi connectivity index (χ2v) is 10.5. The van der Waals surface area contributed by atoms with E-state index in [1.165, 1.54) is 0 Å². The molecule has 0 aliphatic carbocycles. The molecular weight excluding hydrogens is 537 g/mol. The highest BCUT2D eigenvalue weighted by molar-refractivity contribution is 7.89. The number of rotatable bonds is 5. The SMILES string of the molecule is O=S(=O)(N[C@@H]1COC[C@H](N2c3ccccc3Oc3cc(Cl)ccc32)[C@H]1O)c1ccc(OC(F)(F)F)cc1. The summed E-state index contributed by atoms with van der Waals surface area (Å²) in [6, 6.07) is 14.2. The molecule has 1 saturated heterocycles. The number of anilines is 2. The van der Waals surface area contributed by atoms with Crippen LogP contribution in [0.5, 0.6) is 17.2 Å². The van der Waals surface area contributed by atoms with E-state index < -0.39 is 40.3 Å². The zero-order chi connectivity index (χ0) is 26.4. The summed E-state index contributed by atoms with van der Waals surface area (Å²) in [4.78, 5) is 1.52. The second kappa shape index (κ2) is 9.69. The molecule has 3 aromatic carbocycles. The number of alkyl halides is 3. The number of hydrogen-bond donors (Lipinski definition) is 2. The summed E-state index contributed by atoms with van der Waals surface area (Å²) in [7, 11) is -4.22. The van der Waals surface area contributed by atoms with Crippen LogP contribution in [0.1, 0.15) is 0 Å². The maximum absolute atomic E-state index is 13.0. The summed E-state index contributed by atoms with van der Waals surface area (Å²) in [5, 5.41) is 11.8. The molecule has 2 aliphatic heterocycles. The average molecular weight is 557 g/mol. The third-order valence-electron chi connectivity index (χ3n) is 5.92. The average Bonchev–Trinajstić information content (AvgIpc) is 2.83. The number of halogens is 4. The molecule has 2 N–H and O–H groups in total. The summed E-state index contributed by atoms with van der Waals surface area (Å²) < 4.78 is 81.0. The van der Waals surface area contributed by atoms with Crippen molar-refractivity contribution in [3.8, 4) is 17.2 Å². The van der Waals surface area contributed by atoms with Gasteiger partial charge in [0, 0.05) is 11.1 Å². The number of sulfonamides is 1. The van der Waals surface area contributed by atoms with Gasteiger partial charge in [0.25, 0.3) is 0 Å². The van der Waals surface area contributed by atoms with Gasteiger partial charge in [-0.15, -0.1) is 13.2 Å². The summed E-state index contributed by atoms with van der Waals surface area (Å²) >= 11 is 6.15. The molecule has 2 aliphatic rings. The van der Waals surface area contributed by atoms with Gasteiger partial charge in [-0.1, -0.05) is 23.7 Å². The maximum Gasteiger partial charge on any atom is 0.573 e. The van der Waals surface area contributed by atoms with Crippen LogP contribution in [-0.4, -0.2) is 51.3 Å². The van der Waals surface area contributed by atoms with E-state index in [2.05, 4.69) is 9.46 Å². The normalized spacial score (nSPS) is 21.5. The van der Waals surface area contributed by atoms with Crippen molar-refractivity contribution >= 4 is 33.0 Å². The fraction of sp³-hybridized carbons (Fsp3) is 0.250. The van der Waals surface area contributed by atoms with Crippen molar-refractivity contribution in [2.24, 2.45) is 0 Å². The van der Waals surface area contributed by atoms with Gasteiger partial charge in [0.1, 0.15) is 5.75 Å². The molecule has 196 valence electrons. The zero-order valence-corrected chi connectivity index (χ0v) is 20.4. The van der Waals surface area contributed by atoms with Gasteiger partial charge in [-0.25, -0.2) is 13.1 Å². The second-order valence-electron chi connectivity index (χ2n) is 8.39. The Morgan fingerprint density at radius 3 is 2.43 bits per heavy atom. The van der Waals surface area contributed by atoms with Crippen LogP contribution in [0.15, 0.2) is 71.6 Å². The molecule has 8 nitrogen and oxygen atoms in total. The van der Waals surface area contributed by atoms with Crippen molar-refractivity contribution in [3.63, 3.8) is 0 Å². The van der Waals surface area contributed by atoms with Gasteiger partial charge in [0.05, 0.1) is 47.7 Å². The van der Waals surface area contributed by atoms with E-state index in [1.807, 2.05) is 4.90 Å². The van der Waals surface area contributed by atoms with Gasteiger partial charge >= 0.3 is 6.36 Å². The number of benzene rings is 3. The van der Waals surface area contributed by atoms with Crippen LogP contribution in [0, 0.1) is 0 Å². The fourth-order valence-electron chi connectivity index (χ4n) is 4.32. The Kier molecular flexibility index (Phi) is 6.71. The number of nitrogens with zero attached hydrogens (tertiary/aromatic N) is 1. The van der Waals surface area contributed by atoms with Crippen molar-refractivity contribution in [3.05, 3.63) is 71.8 Å². The minimum Gasteiger partial charge on any atom is -0.453 e. The zero-order valence-electron chi connectivity index (χ0n) is 18.9. The molecule has 5 rings (SSSR count). The number of aliphatic hydroxyl groups excluding tert-OH is 1. The Balaban J connectivity index is 1.40. The van der Waals surface area contributed by atoms with E-state index >= 15 is 0 Å². The first-order valence-electron chi connectivity index (χ1n) is 11.0. The lowest BCUT2D eigenvalue weighted by atomic mass is 9.98. The van der Waals surface area contributed by atoms with Crippen LogP contribution in [0.4, 0.5) is 24.5 Å². The highest BCUT2D eigenvalue weighted by Gasteiger charge is 2.42. The van der Waals surface area contributed by atoms with Gasteiger partial charge in [-0.2, -0.15) is 0 Å². The lowest BCUT2D eigenvalue weighted by Crippen LogP contribution is -2.60. The highest BCUT2D eigenvalue weighted by atomic mass is 35.5. The fourth-order valence-corrected chi connectivity index (χ4v) is 5.72. The number of nitrogens with one attached hydrogen (secondary N) is 1. The Labute approximate surface area is 215 Å². The molecule has 0 saturated carbocycles. The summed E-state index contributed by atoms with van der Waals surface area (Å²) in [5.41, 5.74) is 1.26. The molecule has 0 aromatic heterocycles. The molecule has 0 radical (unpaired) electrons. The smallest absolute Gasteiger partial charge is 0.453 e. The third kappa shape index (κ3) is 5.34. The molecule has 2 heterocycles. The minimum atomic E-state index is -4.90. The Bertz CT molecular complexity index is 1400. The summed E-state index contributed by atoms with van der Waals surface area (Å²) in [6.07, 6.45) is -6.13. The largest absolute Gasteiger partial charge is 0.573 e. The minimum absolute atomic E-state index is 0.0826. The van der Waals surface area contributed by atoms with Crippen molar-refractivity contribution in [1.29, 1.82) is 0 Å². The van der Waals surface area contributed by atoms with Crippen molar-refractivity contribution in [2.45, 2.75) is 29.4 Å². The Morgan fingerprint density at radius 1 is 1.00 bits per heavy atom. The van der Waals surface area contributed by atoms with Crippen LogP contribution in [-0.2, 0) is 14.8 Å². The van der Waals surface area contributed by atoms with Gasteiger partial charge in [-0.3, -0.25) is 0 Å². The monoisotopic (exact) mass is 556 g/mol. The first-order chi connectivity index (χ1) is 17.5. The topological polar surface area (TPSA) is 97.3 Å². The summed E-state index contributed by atoms with van der Waals surface area (Å²) in [6.45, 7) is -0.0368. The van der Waals surface area contributed by atoms with Crippen LogP contribution in [0.3, 0.4) is 0 Å². The van der Waals surface area contributed by atoms with Crippen molar-refractivity contribution in [2.75, 3.05) is 18.1 Å². The molecule has 3 atom stereocenters. The van der Waals surface area contributed by atoms with Crippen LogP contribution >= 0.6 is 11.6 Å². The molecule has 0 spiro atoms. The molecule has 0 amide bonds. The predicted octanol–water partition coefficient (Wildman–Crippen LogP) is 4.59. The van der Waals surface area contributed by atoms with Crippen LogP contribution in [0.2, 0.25) is 5.02 Å². The Hall–Kier alpha value is -3.03. The van der Waals surface area contributed by atoms with Crippen LogP contribution < -0.4 is 19.1 Å². The number of ether oxygens (including phenoxy) is 3. The number of fused-ring (bicyclic) bond motifs is 2. The third-order valence-corrected chi connectivity index (χ3v) is 7.67. The molecule has 13 heteroatoms. The van der Waals surface area contributed by atoms with E-state index in [4.69, 9.17) is 21.1 Å². The van der Waals surface area contributed by atoms with E-state index in [-0.39, 0.29) is 18.1 Å². The van der Waals surface area contributed by atoms with E-state index in [9.17, 15) is 26.7 Å². The van der Waals surface area contributed by atoms with E-state index in [1.54, 1.807) is 42.5 Å². The van der Waals surface area contributed by atoms with Crippen molar-refractivity contribution < 1.29 is 40.9 Å². The first kappa shape index (κ1) is 25.6. The molecule has 0 bridgehead atoms. The molecule has 1 fully saturated rings. The van der Waals surface area contributed by atoms with E-state index in [0.29, 0.717) is 27.9 Å². The first-order valence-corrected chi connectivity index (χ1v) is 12.9. The maximum atomic E-state index is 13.0. The molecule has 3 aromatic rings. The highest BCUT2D eigenvalue weighted by Crippen LogP contribution is 2.49. The lowest BCUT2D eigenvalue weighted by Gasteiger charge is -2.44. The predicted molar refractivity (Wildman–Crippen MR) is 128 cm³/mol. The van der Waals surface area contributed by atoms with E-state index in [0.717, 1.165) is 24.3 Å². The Morgan fingerprint density at radius 2 is 1.70 bits per heavy atom. The lowest BCUT2D eigenvalue weighted by molar-refractivity contribution is -0.274. The molecule has 0 unspecified atom stereocenters. The quantitative estimate of drug-likeness (QED) is 0.474. The van der Waals surface area contributed by atoms with Crippen molar-refractivity contribution in [1.82, 2.24) is 4.72 Å². The molecule has 37 heavy (non-hydrogen) atoms. The number of hydrogen-bond acceptors (Lipinski definition) is 7. The van der Waals surface area contributed by atoms with Gasteiger partial charge < -0.3 is 24.2 Å². The van der Waals surface area contributed by atoms with Crippen LogP contribution in [0.25, 0.3) is 0 Å². The van der Waals surface area contributed by atoms with Gasteiger partial charge in [-0.05, 0) is 48.5 Å². The van der Waals surface area contributed by atoms with Gasteiger partial charge in [0.15, 0.2) is 11.5 Å². The number of aliphatic hydroxyl groups is 1. The van der Waals surface area contributed by atoms with Gasteiger partial charge in [0.2, 0.25) is 10.0 Å².